The van der Waals surface area contributed by atoms with Crippen LogP contribution in [-0.4, -0.2) is 49.8 Å². The summed E-state index contributed by atoms with van der Waals surface area (Å²) < 4.78 is 38.2. The molecule has 226 valence electrons. The lowest BCUT2D eigenvalue weighted by Crippen LogP contribution is -2.60. The second-order valence-corrected chi connectivity index (χ2v) is 11.4. The van der Waals surface area contributed by atoms with Gasteiger partial charge in [0.1, 0.15) is 35.6 Å². The fourth-order valence-electron chi connectivity index (χ4n) is 5.08. The van der Waals surface area contributed by atoms with Crippen LogP contribution in [0.5, 0.6) is 5.75 Å². The van der Waals surface area contributed by atoms with Crippen molar-refractivity contribution >= 4 is 11.8 Å². The van der Waals surface area contributed by atoms with E-state index in [2.05, 4.69) is 36.4 Å². The molecular weight excluding hydrogens is 560 g/mol. The minimum Gasteiger partial charge on any atom is -0.497 e. The third-order valence-electron chi connectivity index (χ3n) is 7.39. The van der Waals surface area contributed by atoms with Crippen molar-refractivity contribution in [3.63, 3.8) is 0 Å². The van der Waals surface area contributed by atoms with Gasteiger partial charge in [0, 0.05) is 0 Å². The van der Waals surface area contributed by atoms with Crippen LogP contribution in [0.25, 0.3) is 0 Å². The van der Waals surface area contributed by atoms with Gasteiger partial charge in [0.15, 0.2) is 0 Å². The minimum absolute atomic E-state index is 0.277. The highest BCUT2D eigenvalue weighted by Crippen LogP contribution is 2.34. The van der Waals surface area contributed by atoms with Crippen molar-refractivity contribution in [1.29, 1.82) is 0 Å². The van der Waals surface area contributed by atoms with Gasteiger partial charge in [-0.2, -0.15) is 0 Å². The third-order valence-corrected chi connectivity index (χ3v) is 8.23. The van der Waals surface area contributed by atoms with Crippen LogP contribution in [-0.2, 0) is 50.1 Å². The van der Waals surface area contributed by atoms with Gasteiger partial charge in [0.2, 0.25) is 0 Å². The van der Waals surface area contributed by atoms with Crippen LogP contribution in [0.15, 0.2) is 115 Å². The van der Waals surface area contributed by atoms with Gasteiger partial charge in [-0.15, -0.1) is 11.8 Å². The molecule has 1 fully saturated rings. The summed E-state index contributed by atoms with van der Waals surface area (Å²) in [6.07, 6.45) is 0.469. The molecule has 0 bridgehead atoms. The van der Waals surface area contributed by atoms with Crippen molar-refractivity contribution < 1.29 is 28.4 Å². The lowest BCUT2D eigenvalue weighted by molar-refractivity contribution is -0.254. The van der Waals surface area contributed by atoms with Crippen LogP contribution >= 0.6 is 11.8 Å². The van der Waals surface area contributed by atoms with Gasteiger partial charge < -0.3 is 28.4 Å². The zero-order valence-corrected chi connectivity index (χ0v) is 25.6. The Morgan fingerprint density at radius 3 is 1.53 bits per heavy atom. The molecule has 0 N–H and O–H groups in total. The largest absolute Gasteiger partial charge is 0.497 e. The second-order valence-electron chi connectivity index (χ2n) is 10.4. The number of rotatable bonds is 15. The van der Waals surface area contributed by atoms with Crippen molar-refractivity contribution in [2.45, 2.75) is 56.3 Å². The molecule has 4 aromatic rings. The average Bonchev–Trinajstić information content (AvgIpc) is 3.07. The van der Waals surface area contributed by atoms with Gasteiger partial charge in [0.05, 0.1) is 40.1 Å². The molecule has 5 rings (SSSR count). The summed E-state index contributed by atoms with van der Waals surface area (Å²) in [5.41, 5.74) is 4.04. The van der Waals surface area contributed by atoms with Crippen LogP contribution in [0, 0.1) is 0 Å². The Labute approximate surface area is 259 Å². The van der Waals surface area contributed by atoms with Crippen LogP contribution in [0.1, 0.15) is 22.3 Å². The van der Waals surface area contributed by atoms with E-state index in [4.69, 9.17) is 28.4 Å². The van der Waals surface area contributed by atoms with E-state index in [9.17, 15) is 0 Å². The summed E-state index contributed by atoms with van der Waals surface area (Å²) in [7, 11) is 1.66. The predicted molar refractivity (Wildman–Crippen MR) is 170 cm³/mol. The highest BCUT2D eigenvalue weighted by atomic mass is 32.2. The molecular formula is C36H40O6S. The number of hydrogen-bond donors (Lipinski definition) is 0. The van der Waals surface area contributed by atoms with E-state index in [1.807, 2.05) is 85.1 Å². The quantitative estimate of drug-likeness (QED) is 0.145. The monoisotopic (exact) mass is 600 g/mol. The molecule has 43 heavy (non-hydrogen) atoms. The molecule has 7 heteroatoms. The van der Waals surface area contributed by atoms with Gasteiger partial charge in [-0.3, -0.25) is 0 Å². The highest BCUT2D eigenvalue weighted by molar-refractivity contribution is 7.99. The lowest BCUT2D eigenvalue weighted by Gasteiger charge is -2.45. The smallest absolute Gasteiger partial charge is 0.132 e. The molecule has 1 saturated heterocycles. The Balaban J connectivity index is 1.38. The van der Waals surface area contributed by atoms with Crippen molar-refractivity contribution in [2.24, 2.45) is 0 Å². The van der Waals surface area contributed by atoms with Gasteiger partial charge in [-0.05, 0) is 40.6 Å². The van der Waals surface area contributed by atoms with E-state index in [-0.39, 0.29) is 17.6 Å². The minimum atomic E-state index is -0.427. The van der Waals surface area contributed by atoms with E-state index in [0.29, 0.717) is 33.0 Å². The second kappa shape index (κ2) is 16.6. The SMILES string of the molecule is COc1ccc(CO[C@@H]2[C@@H](OCc3ccccc3)[C@@H](OCc3ccccc3)[C@@H](COCc3ccccc3)O[C@H]2SC)cc1. The Morgan fingerprint density at radius 1 is 0.558 bits per heavy atom. The van der Waals surface area contributed by atoms with Gasteiger partial charge in [-0.1, -0.05) is 103 Å². The zero-order valence-electron chi connectivity index (χ0n) is 24.7. The molecule has 0 amide bonds. The first-order valence-corrected chi connectivity index (χ1v) is 15.9. The van der Waals surface area contributed by atoms with Gasteiger partial charge in [0.25, 0.3) is 0 Å². The van der Waals surface area contributed by atoms with E-state index in [1.54, 1.807) is 18.9 Å². The summed E-state index contributed by atoms with van der Waals surface area (Å²) in [5, 5.41) is 0. The number of methoxy groups -OCH3 is 1. The zero-order chi connectivity index (χ0) is 29.7. The maximum absolute atomic E-state index is 6.72. The van der Waals surface area contributed by atoms with Crippen LogP contribution < -0.4 is 4.74 Å². The van der Waals surface area contributed by atoms with E-state index >= 15 is 0 Å². The molecule has 1 heterocycles. The summed E-state index contributed by atoms with van der Waals surface area (Å²) in [6.45, 7) is 2.10. The maximum atomic E-state index is 6.72. The molecule has 1 aliphatic rings. The molecule has 0 unspecified atom stereocenters. The summed E-state index contributed by atoms with van der Waals surface area (Å²) in [5.74, 6) is 0.809. The highest BCUT2D eigenvalue weighted by Gasteiger charge is 2.48. The van der Waals surface area contributed by atoms with E-state index < -0.39 is 12.2 Å². The molecule has 6 nitrogen and oxygen atoms in total. The first-order valence-electron chi connectivity index (χ1n) is 14.6. The topological polar surface area (TPSA) is 55.4 Å². The molecule has 1 aliphatic heterocycles. The van der Waals surface area contributed by atoms with E-state index in [0.717, 1.165) is 28.0 Å². The Morgan fingerprint density at radius 2 is 1.02 bits per heavy atom. The summed E-state index contributed by atoms with van der Waals surface area (Å²) in [4.78, 5) is 0. The van der Waals surface area contributed by atoms with Gasteiger partial charge in [-0.25, -0.2) is 0 Å². The van der Waals surface area contributed by atoms with Crippen LogP contribution in [0.3, 0.4) is 0 Å². The van der Waals surface area contributed by atoms with Gasteiger partial charge >= 0.3 is 0 Å². The maximum Gasteiger partial charge on any atom is 0.132 e. The van der Waals surface area contributed by atoms with E-state index in [1.165, 1.54) is 0 Å². The van der Waals surface area contributed by atoms with Crippen molar-refractivity contribution in [2.75, 3.05) is 20.0 Å². The molecule has 0 saturated carbocycles. The van der Waals surface area contributed by atoms with Crippen LogP contribution in [0.4, 0.5) is 0 Å². The predicted octanol–water partition coefficient (Wildman–Crippen LogP) is 7.06. The number of benzene rings is 4. The fourth-order valence-corrected chi connectivity index (χ4v) is 5.84. The molecule has 0 aromatic heterocycles. The molecule has 5 atom stereocenters. The van der Waals surface area contributed by atoms with Crippen LogP contribution in [0.2, 0.25) is 0 Å². The number of ether oxygens (including phenoxy) is 6. The first kappa shape index (κ1) is 31.3. The van der Waals surface area contributed by atoms with Crippen molar-refractivity contribution in [1.82, 2.24) is 0 Å². The molecule has 0 spiro atoms. The third kappa shape index (κ3) is 9.16. The standard InChI is InChI=1S/C36H40O6S/c1-37-31-20-18-30(19-21-31)25-41-35-34(40-24-29-16-10-5-11-17-29)33(39-23-28-14-8-4-9-15-28)32(42-36(35)43-2)26-38-22-27-12-6-3-7-13-27/h3-21,32-36H,22-26H2,1-2H3/t32-,33+,34+,35-,36+/m1/s1. The normalized spacial score (nSPS) is 21.9. The summed E-state index contributed by atoms with van der Waals surface area (Å²) in [6, 6.07) is 38.4. The van der Waals surface area contributed by atoms with Crippen molar-refractivity contribution in [3.8, 4) is 5.75 Å². The number of hydrogen-bond acceptors (Lipinski definition) is 7. The fraction of sp³-hybridized carbons (Fsp3) is 0.333. The first-order chi connectivity index (χ1) is 21.2. The molecule has 0 aliphatic carbocycles. The lowest BCUT2D eigenvalue weighted by atomic mass is 9.98. The average molecular weight is 601 g/mol. The summed E-state index contributed by atoms with van der Waals surface area (Å²) >= 11 is 1.61. The Hall–Kier alpha value is -3.17. The Kier molecular flexibility index (Phi) is 12.1. The van der Waals surface area contributed by atoms with Crippen molar-refractivity contribution in [3.05, 3.63) is 138 Å². The number of thioether (sulfide) groups is 1. The molecule has 4 aromatic carbocycles. The Bertz CT molecular complexity index is 1320. The molecule has 0 radical (unpaired) electrons.